The molecule has 0 aliphatic carbocycles. The number of aromatic nitrogens is 1. The largest absolute Gasteiger partial charge is 0.424 e. The average Bonchev–Trinajstić information content (AvgIpc) is 2.98. The molecule has 0 amide bonds. The minimum absolute atomic E-state index is 0.354. The van der Waals surface area contributed by atoms with Crippen molar-refractivity contribution in [1.29, 1.82) is 0 Å². The number of oxazole rings is 1. The molecule has 148 valence electrons. The van der Waals surface area contributed by atoms with E-state index in [1.807, 2.05) is 18.2 Å². The molecule has 2 heterocycles. The van der Waals surface area contributed by atoms with Crippen molar-refractivity contribution in [2.24, 2.45) is 0 Å². The first-order valence-corrected chi connectivity index (χ1v) is 9.32. The summed E-state index contributed by atoms with van der Waals surface area (Å²) in [5, 5.41) is 0. The first-order valence-electron chi connectivity index (χ1n) is 9.32. The SMILES string of the molecule is O=c1oc2ccccc2n1C[NH+]1CC[NH+](Cc2cccc(C(F)(F)F)c2)CC1. The lowest BCUT2D eigenvalue weighted by Crippen LogP contribution is -3.27. The van der Waals surface area contributed by atoms with Gasteiger partial charge in [0.2, 0.25) is 0 Å². The number of alkyl halides is 3. The maximum atomic E-state index is 12.9. The zero-order chi connectivity index (χ0) is 19.7. The number of hydrogen-bond donors (Lipinski definition) is 2. The summed E-state index contributed by atoms with van der Waals surface area (Å²) in [6.07, 6.45) is -4.31. The second-order valence-electron chi connectivity index (χ2n) is 7.30. The van der Waals surface area contributed by atoms with Crippen LogP contribution in [0.25, 0.3) is 11.1 Å². The van der Waals surface area contributed by atoms with Crippen LogP contribution < -0.4 is 15.6 Å². The van der Waals surface area contributed by atoms with Crippen LogP contribution in [0.15, 0.2) is 57.7 Å². The lowest BCUT2D eigenvalue weighted by molar-refractivity contribution is -1.03. The summed E-state index contributed by atoms with van der Waals surface area (Å²) in [4.78, 5) is 14.6. The molecule has 1 saturated heterocycles. The monoisotopic (exact) mass is 393 g/mol. The topological polar surface area (TPSA) is 44.0 Å². The van der Waals surface area contributed by atoms with E-state index in [-0.39, 0.29) is 5.76 Å². The molecule has 5 nitrogen and oxygen atoms in total. The Hall–Kier alpha value is -2.58. The van der Waals surface area contributed by atoms with Gasteiger partial charge in [0, 0.05) is 5.56 Å². The van der Waals surface area contributed by atoms with E-state index in [9.17, 15) is 18.0 Å². The predicted molar refractivity (Wildman–Crippen MR) is 97.0 cm³/mol. The van der Waals surface area contributed by atoms with Crippen LogP contribution in [0.5, 0.6) is 0 Å². The third-order valence-corrected chi connectivity index (χ3v) is 5.33. The normalized spacial score (nSPS) is 20.5. The lowest BCUT2D eigenvalue weighted by Gasteiger charge is -2.29. The summed E-state index contributed by atoms with van der Waals surface area (Å²) < 4.78 is 45.6. The number of fused-ring (bicyclic) bond motifs is 1. The van der Waals surface area contributed by atoms with Crippen LogP contribution in [0, 0.1) is 0 Å². The number of benzene rings is 2. The van der Waals surface area contributed by atoms with Crippen molar-refractivity contribution >= 4 is 11.1 Å². The summed E-state index contributed by atoms with van der Waals surface area (Å²) in [5.74, 6) is -0.354. The molecule has 1 aromatic heterocycles. The highest BCUT2D eigenvalue weighted by atomic mass is 19.4. The number of halogens is 3. The smallest absolute Gasteiger partial charge is 0.408 e. The Morgan fingerprint density at radius 3 is 2.43 bits per heavy atom. The van der Waals surface area contributed by atoms with Crippen molar-refractivity contribution in [1.82, 2.24) is 4.57 Å². The van der Waals surface area contributed by atoms with Crippen LogP contribution in [0.4, 0.5) is 13.2 Å². The molecule has 1 fully saturated rings. The van der Waals surface area contributed by atoms with Gasteiger partial charge in [-0.2, -0.15) is 13.2 Å². The third-order valence-electron chi connectivity index (χ3n) is 5.33. The summed E-state index contributed by atoms with van der Waals surface area (Å²) >= 11 is 0. The molecule has 3 aromatic rings. The van der Waals surface area contributed by atoms with Gasteiger partial charge in [-0.05, 0) is 24.3 Å². The van der Waals surface area contributed by atoms with E-state index in [1.165, 1.54) is 21.9 Å². The highest BCUT2D eigenvalue weighted by Crippen LogP contribution is 2.29. The molecule has 1 aliphatic rings. The van der Waals surface area contributed by atoms with Gasteiger partial charge in [0.1, 0.15) is 32.7 Å². The Bertz CT molecular complexity index is 1020. The third kappa shape index (κ3) is 3.98. The Labute approximate surface area is 159 Å². The molecule has 4 rings (SSSR count). The van der Waals surface area contributed by atoms with Gasteiger partial charge in [-0.25, -0.2) is 9.36 Å². The zero-order valence-electron chi connectivity index (χ0n) is 15.3. The summed E-state index contributed by atoms with van der Waals surface area (Å²) in [5.41, 5.74) is 1.48. The summed E-state index contributed by atoms with van der Waals surface area (Å²) in [6, 6.07) is 12.9. The first-order chi connectivity index (χ1) is 13.4. The Morgan fingerprint density at radius 1 is 0.964 bits per heavy atom. The second kappa shape index (κ2) is 7.44. The van der Waals surface area contributed by atoms with Crippen molar-refractivity contribution < 1.29 is 27.4 Å². The summed E-state index contributed by atoms with van der Waals surface area (Å²) in [6.45, 7) is 4.49. The van der Waals surface area contributed by atoms with E-state index in [2.05, 4.69) is 0 Å². The maximum Gasteiger partial charge on any atom is 0.424 e. The van der Waals surface area contributed by atoms with Crippen LogP contribution in [-0.2, 0) is 19.4 Å². The molecular formula is C20H22F3N3O2+2. The molecular weight excluding hydrogens is 371 g/mol. The van der Waals surface area contributed by atoms with Gasteiger partial charge in [-0.1, -0.05) is 24.3 Å². The molecule has 8 heteroatoms. The Kier molecular flexibility index (Phi) is 4.99. The van der Waals surface area contributed by atoms with Crippen molar-refractivity contribution in [2.75, 3.05) is 26.2 Å². The standard InChI is InChI=1S/C20H20F3N3O2/c21-20(22,23)16-5-3-4-15(12-16)13-24-8-10-25(11-9-24)14-26-17-6-1-2-7-18(17)28-19(26)27/h1-7,12H,8-11,13-14H2/p+2. The fourth-order valence-corrected chi connectivity index (χ4v) is 3.83. The highest BCUT2D eigenvalue weighted by molar-refractivity contribution is 5.72. The molecule has 2 N–H and O–H groups in total. The zero-order valence-corrected chi connectivity index (χ0v) is 15.3. The molecule has 0 unspecified atom stereocenters. The highest BCUT2D eigenvalue weighted by Gasteiger charge is 2.31. The van der Waals surface area contributed by atoms with E-state index in [0.29, 0.717) is 24.4 Å². The quantitative estimate of drug-likeness (QED) is 0.680. The number of quaternary nitrogens is 2. The van der Waals surface area contributed by atoms with Crippen molar-refractivity contribution in [2.45, 2.75) is 19.4 Å². The molecule has 0 radical (unpaired) electrons. The first kappa shape index (κ1) is 18.8. The fourth-order valence-electron chi connectivity index (χ4n) is 3.83. The maximum absolute atomic E-state index is 12.9. The summed E-state index contributed by atoms with van der Waals surface area (Å²) in [7, 11) is 0. The number of nitrogens with one attached hydrogen (secondary N) is 2. The Balaban J connectivity index is 1.37. The number of para-hydroxylation sites is 2. The second-order valence-corrected chi connectivity index (χ2v) is 7.30. The van der Waals surface area contributed by atoms with Crippen LogP contribution in [0.3, 0.4) is 0 Å². The van der Waals surface area contributed by atoms with E-state index in [4.69, 9.17) is 4.42 Å². The number of rotatable bonds is 4. The van der Waals surface area contributed by atoms with Crippen LogP contribution >= 0.6 is 0 Å². The molecule has 0 saturated carbocycles. The van der Waals surface area contributed by atoms with Gasteiger partial charge in [0.15, 0.2) is 12.3 Å². The van der Waals surface area contributed by atoms with E-state index in [1.54, 1.807) is 16.7 Å². The van der Waals surface area contributed by atoms with Gasteiger partial charge in [0.05, 0.1) is 11.1 Å². The number of nitrogens with zero attached hydrogens (tertiary/aromatic N) is 1. The van der Waals surface area contributed by atoms with Gasteiger partial charge in [-0.3, -0.25) is 0 Å². The van der Waals surface area contributed by atoms with Crippen LogP contribution in [-0.4, -0.2) is 30.7 Å². The lowest BCUT2D eigenvalue weighted by atomic mass is 10.1. The number of hydrogen-bond acceptors (Lipinski definition) is 2. The molecule has 0 bridgehead atoms. The van der Waals surface area contributed by atoms with Gasteiger partial charge in [-0.15, -0.1) is 0 Å². The van der Waals surface area contributed by atoms with E-state index >= 15 is 0 Å². The van der Waals surface area contributed by atoms with E-state index < -0.39 is 11.7 Å². The van der Waals surface area contributed by atoms with Crippen LogP contribution in [0.2, 0.25) is 0 Å². The van der Waals surface area contributed by atoms with Crippen molar-refractivity contribution in [3.63, 3.8) is 0 Å². The van der Waals surface area contributed by atoms with Crippen LogP contribution in [0.1, 0.15) is 11.1 Å². The number of piperazine rings is 1. The minimum atomic E-state index is -4.31. The Morgan fingerprint density at radius 2 is 1.68 bits per heavy atom. The van der Waals surface area contributed by atoms with Crippen molar-refractivity contribution in [3.8, 4) is 0 Å². The van der Waals surface area contributed by atoms with E-state index in [0.717, 1.165) is 37.8 Å². The minimum Gasteiger partial charge on any atom is -0.408 e. The predicted octanol–water partition coefficient (Wildman–Crippen LogP) is 0.554. The molecule has 0 spiro atoms. The van der Waals surface area contributed by atoms with Gasteiger partial charge >= 0.3 is 11.9 Å². The van der Waals surface area contributed by atoms with Gasteiger partial charge in [0.25, 0.3) is 0 Å². The average molecular weight is 393 g/mol. The molecule has 0 atom stereocenters. The molecule has 1 aliphatic heterocycles. The molecule has 28 heavy (non-hydrogen) atoms. The fraction of sp³-hybridized carbons (Fsp3) is 0.350. The van der Waals surface area contributed by atoms with Crippen molar-refractivity contribution in [3.05, 3.63) is 70.2 Å². The van der Waals surface area contributed by atoms with Gasteiger partial charge < -0.3 is 14.2 Å². The molecule has 2 aromatic carbocycles.